The Hall–Kier alpha value is -2.20. The Morgan fingerprint density at radius 2 is 1.90 bits per heavy atom. The summed E-state index contributed by atoms with van der Waals surface area (Å²) in [6.45, 7) is 2.00. The molecule has 3 rings (SSSR count). The second kappa shape index (κ2) is 5.43. The van der Waals surface area contributed by atoms with Crippen molar-refractivity contribution in [3.63, 3.8) is 0 Å². The van der Waals surface area contributed by atoms with Crippen LogP contribution in [0.25, 0.3) is 10.8 Å². The highest BCUT2D eigenvalue weighted by atomic mass is 16.4. The van der Waals surface area contributed by atoms with Crippen LogP contribution < -0.4 is 5.73 Å². The molecule has 0 bridgehead atoms. The molecule has 2 N–H and O–H groups in total. The van der Waals surface area contributed by atoms with Gasteiger partial charge in [-0.2, -0.15) is 0 Å². The average molecular weight is 267 g/mol. The second-order valence-corrected chi connectivity index (χ2v) is 4.91. The SMILES string of the molecule is CCC(N)c1nnc(Cc2ccc3ccccc3c2)o1. The summed E-state index contributed by atoms with van der Waals surface area (Å²) in [6.07, 6.45) is 1.42. The van der Waals surface area contributed by atoms with Crippen LogP contribution in [0.4, 0.5) is 0 Å². The van der Waals surface area contributed by atoms with Crippen molar-refractivity contribution in [2.45, 2.75) is 25.8 Å². The predicted octanol–water partition coefficient (Wildman–Crippen LogP) is 3.22. The first kappa shape index (κ1) is 12.8. The van der Waals surface area contributed by atoms with Crippen LogP contribution in [0, 0.1) is 0 Å². The van der Waals surface area contributed by atoms with E-state index in [-0.39, 0.29) is 6.04 Å². The van der Waals surface area contributed by atoms with Crippen molar-refractivity contribution in [2.75, 3.05) is 0 Å². The largest absolute Gasteiger partial charge is 0.423 e. The molecule has 20 heavy (non-hydrogen) atoms. The van der Waals surface area contributed by atoms with Gasteiger partial charge in [0.05, 0.1) is 12.5 Å². The number of fused-ring (bicyclic) bond motifs is 1. The summed E-state index contributed by atoms with van der Waals surface area (Å²) in [4.78, 5) is 0. The molecule has 0 aliphatic rings. The molecular weight excluding hydrogens is 250 g/mol. The first-order valence-corrected chi connectivity index (χ1v) is 6.82. The quantitative estimate of drug-likeness (QED) is 0.788. The molecule has 3 aromatic rings. The molecule has 0 saturated heterocycles. The highest BCUT2D eigenvalue weighted by Gasteiger charge is 2.12. The minimum absolute atomic E-state index is 0.173. The van der Waals surface area contributed by atoms with Crippen molar-refractivity contribution < 1.29 is 4.42 Å². The first-order valence-electron chi connectivity index (χ1n) is 6.82. The number of hydrogen-bond donors (Lipinski definition) is 1. The van der Waals surface area contributed by atoms with Gasteiger partial charge in [-0.3, -0.25) is 0 Å². The Kier molecular flexibility index (Phi) is 3.48. The minimum Gasteiger partial charge on any atom is -0.423 e. The molecule has 1 atom stereocenters. The van der Waals surface area contributed by atoms with Gasteiger partial charge >= 0.3 is 0 Å². The first-order chi connectivity index (χ1) is 9.76. The van der Waals surface area contributed by atoms with Crippen molar-refractivity contribution >= 4 is 10.8 Å². The standard InChI is InChI=1S/C16H17N3O/c1-2-14(17)16-19-18-15(20-16)10-11-7-8-12-5-3-4-6-13(12)9-11/h3-9,14H,2,10,17H2,1H3. The van der Waals surface area contributed by atoms with E-state index in [2.05, 4.69) is 40.5 Å². The summed E-state index contributed by atoms with van der Waals surface area (Å²) in [5.41, 5.74) is 7.04. The zero-order chi connectivity index (χ0) is 13.9. The van der Waals surface area contributed by atoms with Crippen LogP contribution in [-0.2, 0) is 6.42 Å². The number of rotatable bonds is 4. The molecule has 0 amide bonds. The molecule has 2 aromatic carbocycles. The smallest absolute Gasteiger partial charge is 0.233 e. The Bertz CT molecular complexity index is 720. The maximum Gasteiger partial charge on any atom is 0.233 e. The topological polar surface area (TPSA) is 64.9 Å². The summed E-state index contributed by atoms with van der Waals surface area (Å²) >= 11 is 0. The zero-order valence-corrected chi connectivity index (χ0v) is 11.4. The molecule has 1 aromatic heterocycles. The van der Waals surface area contributed by atoms with Crippen LogP contribution in [0.15, 0.2) is 46.9 Å². The van der Waals surface area contributed by atoms with Crippen LogP contribution >= 0.6 is 0 Å². The summed E-state index contributed by atoms with van der Waals surface area (Å²) in [5, 5.41) is 10.5. The molecule has 0 saturated carbocycles. The third-order valence-electron chi connectivity index (χ3n) is 3.41. The highest BCUT2D eigenvalue weighted by molar-refractivity contribution is 5.83. The number of nitrogens with two attached hydrogens (primary N) is 1. The maximum atomic E-state index is 5.88. The van der Waals surface area contributed by atoms with Crippen molar-refractivity contribution in [2.24, 2.45) is 5.73 Å². The van der Waals surface area contributed by atoms with Gasteiger partial charge < -0.3 is 10.2 Å². The lowest BCUT2D eigenvalue weighted by Crippen LogP contribution is -2.08. The van der Waals surface area contributed by atoms with Crippen LogP contribution in [0.3, 0.4) is 0 Å². The average Bonchev–Trinajstić information content (AvgIpc) is 2.95. The van der Waals surface area contributed by atoms with Crippen molar-refractivity contribution in [1.29, 1.82) is 0 Å². The molecular formula is C16H17N3O. The fourth-order valence-electron chi connectivity index (χ4n) is 2.19. The molecule has 4 nitrogen and oxygen atoms in total. The predicted molar refractivity (Wildman–Crippen MR) is 78.3 cm³/mol. The van der Waals surface area contributed by atoms with Gasteiger partial charge in [0.2, 0.25) is 11.8 Å². The number of nitrogens with zero attached hydrogens (tertiary/aromatic N) is 2. The zero-order valence-electron chi connectivity index (χ0n) is 11.4. The Balaban J connectivity index is 1.83. The van der Waals surface area contributed by atoms with E-state index >= 15 is 0 Å². The Morgan fingerprint density at radius 1 is 1.10 bits per heavy atom. The van der Waals surface area contributed by atoms with Gasteiger partial charge in [0.1, 0.15) is 0 Å². The second-order valence-electron chi connectivity index (χ2n) is 4.91. The van der Waals surface area contributed by atoms with Crippen LogP contribution in [0.1, 0.15) is 36.7 Å². The van der Waals surface area contributed by atoms with Gasteiger partial charge in [-0.25, -0.2) is 0 Å². The molecule has 1 unspecified atom stereocenters. The van der Waals surface area contributed by atoms with Crippen LogP contribution in [-0.4, -0.2) is 10.2 Å². The normalized spacial score (nSPS) is 12.7. The highest BCUT2D eigenvalue weighted by Crippen LogP contribution is 2.19. The van der Waals surface area contributed by atoms with E-state index in [0.717, 1.165) is 12.0 Å². The van der Waals surface area contributed by atoms with Gasteiger partial charge in [0.25, 0.3) is 0 Å². The van der Waals surface area contributed by atoms with Crippen LogP contribution in [0.5, 0.6) is 0 Å². The molecule has 102 valence electrons. The molecule has 0 spiro atoms. The third kappa shape index (κ3) is 2.56. The lowest BCUT2D eigenvalue weighted by Gasteiger charge is -2.02. The lowest BCUT2D eigenvalue weighted by molar-refractivity contribution is 0.418. The number of aromatic nitrogens is 2. The van der Waals surface area contributed by atoms with E-state index in [1.165, 1.54) is 10.8 Å². The maximum absolute atomic E-state index is 5.88. The third-order valence-corrected chi connectivity index (χ3v) is 3.41. The molecule has 0 fully saturated rings. The summed E-state index contributed by atoms with van der Waals surface area (Å²) in [5.74, 6) is 1.13. The lowest BCUT2D eigenvalue weighted by atomic mass is 10.1. The monoisotopic (exact) mass is 267 g/mol. The summed E-state index contributed by atoms with van der Waals surface area (Å²) < 4.78 is 5.61. The van der Waals surface area contributed by atoms with E-state index in [1.807, 2.05) is 19.1 Å². The fraction of sp³-hybridized carbons (Fsp3) is 0.250. The van der Waals surface area contributed by atoms with Gasteiger partial charge in [-0.15, -0.1) is 10.2 Å². The molecule has 1 heterocycles. The number of benzene rings is 2. The molecule has 4 heteroatoms. The molecule has 0 aliphatic carbocycles. The number of hydrogen-bond acceptors (Lipinski definition) is 4. The van der Waals surface area contributed by atoms with E-state index in [4.69, 9.17) is 10.2 Å². The van der Waals surface area contributed by atoms with Gasteiger partial charge in [0.15, 0.2) is 0 Å². The van der Waals surface area contributed by atoms with E-state index in [1.54, 1.807) is 0 Å². The fourth-order valence-corrected chi connectivity index (χ4v) is 2.19. The van der Waals surface area contributed by atoms with E-state index < -0.39 is 0 Å². The minimum atomic E-state index is -0.173. The molecule has 0 aliphatic heterocycles. The molecule has 0 radical (unpaired) electrons. The van der Waals surface area contributed by atoms with Gasteiger partial charge in [-0.1, -0.05) is 49.4 Å². The van der Waals surface area contributed by atoms with E-state index in [9.17, 15) is 0 Å². The Morgan fingerprint density at radius 3 is 2.70 bits per heavy atom. The van der Waals surface area contributed by atoms with Crippen molar-refractivity contribution in [3.8, 4) is 0 Å². The summed E-state index contributed by atoms with van der Waals surface area (Å²) in [6, 6.07) is 14.5. The van der Waals surface area contributed by atoms with Crippen LogP contribution in [0.2, 0.25) is 0 Å². The van der Waals surface area contributed by atoms with Crippen molar-refractivity contribution in [1.82, 2.24) is 10.2 Å². The van der Waals surface area contributed by atoms with Gasteiger partial charge in [0, 0.05) is 0 Å². The Labute approximate surface area is 117 Å². The van der Waals surface area contributed by atoms with Crippen molar-refractivity contribution in [3.05, 3.63) is 59.8 Å². The van der Waals surface area contributed by atoms with Gasteiger partial charge in [-0.05, 0) is 22.8 Å². The summed E-state index contributed by atoms with van der Waals surface area (Å²) in [7, 11) is 0. The van der Waals surface area contributed by atoms with E-state index in [0.29, 0.717) is 18.2 Å².